The lowest BCUT2D eigenvalue weighted by atomic mass is 9.81. The van der Waals surface area contributed by atoms with Crippen molar-refractivity contribution in [1.29, 1.82) is 0 Å². The molecule has 1 aromatic carbocycles. The van der Waals surface area contributed by atoms with Crippen LogP contribution in [-0.4, -0.2) is 51.3 Å². The van der Waals surface area contributed by atoms with Gasteiger partial charge in [-0.15, -0.1) is 0 Å². The molecule has 2 atom stereocenters. The van der Waals surface area contributed by atoms with Crippen molar-refractivity contribution in [2.45, 2.75) is 13.5 Å². The number of hydrogen-bond acceptors (Lipinski definition) is 4. The van der Waals surface area contributed by atoms with Gasteiger partial charge in [0.25, 0.3) is 0 Å². The molecule has 0 saturated carbocycles. The summed E-state index contributed by atoms with van der Waals surface area (Å²) in [5.41, 5.74) is 1.94. The summed E-state index contributed by atoms with van der Waals surface area (Å²) in [4.78, 5) is 25.8. The van der Waals surface area contributed by atoms with Gasteiger partial charge in [-0.1, -0.05) is 18.2 Å². The number of carbonyl (C=O) groups excluding carboxylic acids is 1. The number of para-hydroxylation sites is 1. The highest BCUT2D eigenvalue weighted by Gasteiger charge is 2.59. The summed E-state index contributed by atoms with van der Waals surface area (Å²) in [5.74, 6) is -1.52. The molecule has 2 aliphatic rings. The SMILES string of the molecule is Cc1nn(-c2ccccc2)cc1CN1C[C@H]2C(=O)NC[C@@]2(C(=O)O)C1. The number of likely N-dealkylation sites (tertiary alicyclic amines) is 1. The van der Waals surface area contributed by atoms with E-state index < -0.39 is 17.3 Å². The molecule has 2 N–H and O–H groups in total. The highest BCUT2D eigenvalue weighted by molar-refractivity contribution is 5.92. The third-order valence-corrected chi connectivity index (χ3v) is 5.35. The van der Waals surface area contributed by atoms with Gasteiger partial charge in [-0.2, -0.15) is 5.10 Å². The molecule has 2 aromatic rings. The number of amides is 1. The van der Waals surface area contributed by atoms with Crippen molar-refractivity contribution in [3.8, 4) is 5.69 Å². The Morgan fingerprint density at radius 3 is 2.84 bits per heavy atom. The first kappa shape index (κ1) is 15.8. The summed E-state index contributed by atoms with van der Waals surface area (Å²) in [7, 11) is 0. The molecule has 2 fully saturated rings. The number of rotatable bonds is 4. The van der Waals surface area contributed by atoms with Crippen LogP contribution in [0.4, 0.5) is 0 Å². The second-order valence-electron chi connectivity index (χ2n) is 6.92. The van der Waals surface area contributed by atoms with Gasteiger partial charge in [0.1, 0.15) is 5.41 Å². The molecule has 7 heteroatoms. The maximum absolute atomic E-state index is 12.0. The first-order chi connectivity index (χ1) is 12.0. The number of aromatic nitrogens is 2. The van der Waals surface area contributed by atoms with E-state index in [9.17, 15) is 14.7 Å². The van der Waals surface area contributed by atoms with E-state index >= 15 is 0 Å². The smallest absolute Gasteiger partial charge is 0.313 e. The maximum Gasteiger partial charge on any atom is 0.313 e. The minimum absolute atomic E-state index is 0.151. The number of carboxylic acid groups (broad SMARTS) is 1. The Kier molecular flexibility index (Phi) is 3.61. The van der Waals surface area contributed by atoms with E-state index in [1.165, 1.54) is 0 Å². The van der Waals surface area contributed by atoms with E-state index in [-0.39, 0.29) is 12.5 Å². The van der Waals surface area contributed by atoms with Crippen LogP contribution in [0.15, 0.2) is 36.5 Å². The molecule has 25 heavy (non-hydrogen) atoms. The molecule has 2 aliphatic heterocycles. The third kappa shape index (κ3) is 2.51. The molecular formula is C18H20N4O3. The van der Waals surface area contributed by atoms with E-state index in [2.05, 4.69) is 15.3 Å². The Labute approximate surface area is 145 Å². The number of aliphatic carboxylic acids is 1. The molecule has 2 saturated heterocycles. The highest BCUT2D eigenvalue weighted by Crippen LogP contribution is 2.40. The van der Waals surface area contributed by atoms with E-state index in [0.717, 1.165) is 16.9 Å². The quantitative estimate of drug-likeness (QED) is 0.860. The summed E-state index contributed by atoms with van der Waals surface area (Å²) in [6, 6.07) is 9.85. The summed E-state index contributed by atoms with van der Waals surface area (Å²) < 4.78 is 1.83. The second-order valence-corrected chi connectivity index (χ2v) is 6.92. The lowest BCUT2D eigenvalue weighted by Crippen LogP contribution is -2.40. The van der Waals surface area contributed by atoms with Gasteiger partial charge in [0.15, 0.2) is 0 Å². The van der Waals surface area contributed by atoms with Gasteiger partial charge in [0.2, 0.25) is 5.91 Å². The van der Waals surface area contributed by atoms with Gasteiger partial charge in [0.05, 0.1) is 17.3 Å². The number of carboxylic acids is 1. The summed E-state index contributed by atoms with van der Waals surface area (Å²) in [6.45, 7) is 3.60. The summed E-state index contributed by atoms with van der Waals surface area (Å²) in [5, 5.41) is 16.9. The van der Waals surface area contributed by atoms with Crippen LogP contribution in [0.5, 0.6) is 0 Å². The Hall–Kier alpha value is -2.67. The average Bonchev–Trinajstić information content (AvgIpc) is 3.24. The minimum Gasteiger partial charge on any atom is -0.481 e. The summed E-state index contributed by atoms with van der Waals surface area (Å²) in [6.07, 6.45) is 1.98. The molecule has 0 spiro atoms. The van der Waals surface area contributed by atoms with Crippen molar-refractivity contribution in [3.05, 3.63) is 47.8 Å². The lowest BCUT2D eigenvalue weighted by Gasteiger charge is -2.21. The standard InChI is InChI=1S/C18H20N4O3/c1-12-13(8-22(20-12)14-5-3-2-4-6-14)7-21-9-15-16(23)19-10-18(15,11-21)17(24)25/h2-6,8,15H,7,9-11H2,1H3,(H,19,23)(H,24,25)/t15-,18+/m0/s1. The molecular weight excluding hydrogens is 320 g/mol. The molecule has 0 bridgehead atoms. The van der Waals surface area contributed by atoms with Crippen molar-refractivity contribution in [3.63, 3.8) is 0 Å². The largest absolute Gasteiger partial charge is 0.481 e. The fraction of sp³-hybridized carbons (Fsp3) is 0.389. The van der Waals surface area contributed by atoms with E-state index in [1.54, 1.807) is 0 Å². The van der Waals surface area contributed by atoms with E-state index in [1.807, 2.05) is 48.1 Å². The highest BCUT2D eigenvalue weighted by atomic mass is 16.4. The fourth-order valence-corrected chi connectivity index (χ4v) is 3.91. The molecule has 130 valence electrons. The first-order valence-electron chi connectivity index (χ1n) is 8.34. The number of hydrogen-bond donors (Lipinski definition) is 2. The van der Waals surface area contributed by atoms with Crippen molar-refractivity contribution in [2.24, 2.45) is 11.3 Å². The monoisotopic (exact) mass is 340 g/mol. The van der Waals surface area contributed by atoms with Crippen LogP contribution in [-0.2, 0) is 16.1 Å². The van der Waals surface area contributed by atoms with Crippen LogP contribution < -0.4 is 5.32 Å². The van der Waals surface area contributed by atoms with Gasteiger partial charge in [-0.25, -0.2) is 4.68 Å². The molecule has 1 amide bonds. The molecule has 1 aromatic heterocycles. The normalized spacial score (nSPS) is 25.8. The Morgan fingerprint density at radius 1 is 1.40 bits per heavy atom. The van der Waals surface area contributed by atoms with Gasteiger partial charge < -0.3 is 10.4 Å². The van der Waals surface area contributed by atoms with Crippen molar-refractivity contribution >= 4 is 11.9 Å². The topological polar surface area (TPSA) is 87.5 Å². The zero-order valence-electron chi connectivity index (χ0n) is 14.0. The predicted octanol–water partition coefficient (Wildman–Crippen LogP) is 0.813. The van der Waals surface area contributed by atoms with E-state index in [4.69, 9.17) is 0 Å². The number of carbonyl (C=O) groups is 2. The number of fused-ring (bicyclic) bond motifs is 1. The van der Waals surface area contributed by atoms with Crippen LogP contribution in [0.3, 0.4) is 0 Å². The molecule has 0 unspecified atom stereocenters. The Morgan fingerprint density at radius 2 is 2.16 bits per heavy atom. The summed E-state index contributed by atoms with van der Waals surface area (Å²) >= 11 is 0. The van der Waals surface area contributed by atoms with Crippen molar-refractivity contribution < 1.29 is 14.7 Å². The van der Waals surface area contributed by atoms with Crippen LogP contribution in [0, 0.1) is 18.3 Å². The number of aryl methyl sites for hydroxylation is 1. The zero-order chi connectivity index (χ0) is 17.6. The number of benzene rings is 1. The zero-order valence-corrected chi connectivity index (χ0v) is 14.0. The maximum atomic E-state index is 12.0. The van der Waals surface area contributed by atoms with Gasteiger partial charge in [0, 0.05) is 37.9 Å². The Balaban J connectivity index is 1.55. The van der Waals surface area contributed by atoms with Gasteiger partial charge in [-0.05, 0) is 19.1 Å². The van der Waals surface area contributed by atoms with Gasteiger partial charge in [-0.3, -0.25) is 14.5 Å². The lowest BCUT2D eigenvalue weighted by molar-refractivity contribution is -0.149. The molecule has 0 aliphatic carbocycles. The predicted molar refractivity (Wildman–Crippen MR) is 90.1 cm³/mol. The molecule has 7 nitrogen and oxygen atoms in total. The number of nitrogens with zero attached hydrogens (tertiary/aromatic N) is 3. The average molecular weight is 340 g/mol. The molecule has 4 rings (SSSR count). The molecule has 0 radical (unpaired) electrons. The van der Waals surface area contributed by atoms with Crippen molar-refractivity contribution in [1.82, 2.24) is 20.0 Å². The van der Waals surface area contributed by atoms with Crippen LogP contribution in [0.1, 0.15) is 11.3 Å². The van der Waals surface area contributed by atoms with Crippen LogP contribution in [0.2, 0.25) is 0 Å². The Bertz CT molecular complexity index is 832. The van der Waals surface area contributed by atoms with Crippen LogP contribution in [0.25, 0.3) is 5.69 Å². The second kappa shape index (κ2) is 5.70. The minimum atomic E-state index is -1.000. The van der Waals surface area contributed by atoms with Gasteiger partial charge >= 0.3 is 5.97 Å². The third-order valence-electron chi connectivity index (χ3n) is 5.35. The van der Waals surface area contributed by atoms with Crippen molar-refractivity contribution in [2.75, 3.05) is 19.6 Å². The first-order valence-corrected chi connectivity index (χ1v) is 8.34. The molecule has 3 heterocycles. The van der Waals surface area contributed by atoms with Crippen LogP contribution >= 0.6 is 0 Å². The van der Waals surface area contributed by atoms with E-state index in [0.29, 0.717) is 19.6 Å². The fourth-order valence-electron chi connectivity index (χ4n) is 3.91. The number of nitrogens with one attached hydrogen (secondary N) is 1.